The van der Waals surface area contributed by atoms with Crippen molar-refractivity contribution in [3.05, 3.63) is 47.0 Å². The zero-order valence-corrected chi connectivity index (χ0v) is 13.4. The normalized spacial score (nSPS) is 11.4. The lowest BCUT2D eigenvalue weighted by Gasteiger charge is -2.08. The number of hydrogen-bond acceptors (Lipinski definition) is 2. The summed E-state index contributed by atoms with van der Waals surface area (Å²) in [4.78, 5) is 4.73. The molecular weight excluding hydrogens is 284 g/mol. The fourth-order valence-electron chi connectivity index (χ4n) is 2.60. The molecule has 21 heavy (non-hydrogen) atoms. The summed E-state index contributed by atoms with van der Waals surface area (Å²) in [5.74, 6) is 1.61. The first-order chi connectivity index (χ1) is 10.1. The van der Waals surface area contributed by atoms with E-state index in [9.17, 15) is 0 Å². The standard InChI is InChI=1S/C16H19ClN4/c1-11-4-5-14-15(8-11)21(16(19-14)6-7-17)10-13-9-18-20(3)12(13)2/h4-5,8-9H,6-7,10H2,1-3H3. The maximum absolute atomic E-state index is 5.94. The second kappa shape index (κ2) is 5.53. The third kappa shape index (κ3) is 2.56. The van der Waals surface area contributed by atoms with Crippen molar-refractivity contribution in [3.63, 3.8) is 0 Å². The minimum Gasteiger partial charge on any atom is -0.323 e. The summed E-state index contributed by atoms with van der Waals surface area (Å²) in [6, 6.07) is 6.36. The van der Waals surface area contributed by atoms with Crippen molar-refractivity contribution in [1.82, 2.24) is 19.3 Å². The summed E-state index contributed by atoms with van der Waals surface area (Å²) >= 11 is 5.94. The number of aromatic nitrogens is 4. The molecule has 0 unspecified atom stereocenters. The molecule has 0 aliphatic carbocycles. The van der Waals surface area contributed by atoms with Crippen molar-refractivity contribution >= 4 is 22.6 Å². The van der Waals surface area contributed by atoms with Crippen LogP contribution in [0.2, 0.25) is 0 Å². The Morgan fingerprint density at radius 2 is 2.05 bits per heavy atom. The van der Waals surface area contributed by atoms with Gasteiger partial charge in [0.2, 0.25) is 0 Å². The molecule has 0 aliphatic heterocycles. The van der Waals surface area contributed by atoms with Crippen LogP contribution in [0.5, 0.6) is 0 Å². The molecular formula is C16H19ClN4. The lowest BCUT2D eigenvalue weighted by Crippen LogP contribution is -2.07. The van der Waals surface area contributed by atoms with Crippen LogP contribution in [0, 0.1) is 13.8 Å². The quantitative estimate of drug-likeness (QED) is 0.694. The van der Waals surface area contributed by atoms with E-state index in [0.29, 0.717) is 5.88 Å². The average Bonchev–Trinajstić information content (AvgIpc) is 2.95. The fraction of sp³-hybridized carbons (Fsp3) is 0.375. The Labute approximate surface area is 129 Å². The van der Waals surface area contributed by atoms with E-state index in [1.54, 1.807) is 0 Å². The SMILES string of the molecule is Cc1ccc2nc(CCCl)n(Cc3cnn(C)c3C)c2c1. The van der Waals surface area contributed by atoms with E-state index in [1.165, 1.54) is 22.3 Å². The number of benzene rings is 1. The van der Waals surface area contributed by atoms with Crippen molar-refractivity contribution < 1.29 is 0 Å². The van der Waals surface area contributed by atoms with Crippen LogP contribution in [0.1, 0.15) is 22.6 Å². The lowest BCUT2D eigenvalue weighted by atomic mass is 10.2. The molecule has 3 aromatic rings. The van der Waals surface area contributed by atoms with E-state index in [0.717, 1.165) is 24.3 Å². The number of imidazole rings is 1. The number of halogens is 1. The summed E-state index contributed by atoms with van der Waals surface area (Å²) in [5.41, 5.74) is 5.83. The first-order valence-electron chi connectivity index (χ1n) is 7.09. The second-order valence-electron chi connectivity index (χ2n) is 5.42. The predicted octanol–water partition coefficient (Wildman–Crippen LogP) is 3.22. The third-order valence-corrected chi connectivity index (χ3v) is 4.16. The van der Waals surface area contributed by atoms with Gasteiger partial charge in [-0.1, -0.05) is 6.07 Å². The number of alkyl halides is 1. The molecule has 4 nitrogen and oxygen atoms in total. The van der Waals surface area contributed by atoms with Crippen LogP contribution < -0.4 is 0 Å². The van der Waals surface area contributed by atoms with Gasteiger partial charge in [-0.05, 0) is 31.5 Å². The first kappa shape index (κ1) is 14.1. The number of aryl methyl sites for hydroxylation is 3. The fourth-order valence-corrected chi connectivity index (χ4v) is 2.77. The van der Waals surface area contributed by atoms with Gasteiger partial charge >= 0.3 is 0 Å². The van der Waals surface area contributed by atoms with Gasteiger partial charge in [-0.2, -0.15) is 5.10 Å². The van der Waals surface area contributed by atoms with Crippen molar-refractivity contribution in [2.45, 2.75) is 26.8 Å². The average molecular weight is 303 g/mol. The van der Waals surface area contributed by atoms with Crippen LogP contribution in [0.25, 0.3) is 11.0 Å². The van der Waals surface area contributed by atoms with Gasteiger partial charge in [0.05, 0.1) is 23.8 Å². The van der Waals surface area contributed by atoms with E-state index >= 15 is 0 Å². The molecule has 0 atom stereocenters. The highest BCUT2D eigenvalue weighted by Gasteiger charge is 2.13. The molecule has 2 heterocycles. The summed E-state index contributed by atoms with van der Waals surface area (Å²) in [6.07, 6.45) is 2.70. The molecule has 0 fully saturated rings. The van der Waals surface area contributed by atoms with Gasteiger partial charge in [-0.15, -0.1) is 11.6 Å². The molecule has 110 valence electrons. The van der Waals surface area contributed by atoms with Gasteiger partial charge < -0.3 is 4.57 Å². The molecule has 2 aromatic heterocycles. The summed E-state index contributed by atoms with van der Waals surface area (Å²) in [5, 5.41) is 4.33. The zero-order valence-electron chi connectivity index (χ0n) is 12.6. The van der Waals surface area contributed by atoms with E-state index < -0.39 is 0 Å². The monoisotopic (exact) mass is 302 g/mol. The van der Waals surface area contributed by atoms with Crippen molar-refractivity contribution in [2.24, 2.45) is 7.05 Å². The third-order valence-electron chi connectivity index (χ3n) is 3.97. The van der Waals surface area contributed by atoms with Crippen molar-refractivity contribution in [1.29, 1.82) is 0 Å². The van der Waals surface area contributed by atoms with Gasteiger partial charge in [-0.25, -0.2) is 4.98 Å². The van der Waals surface area contributed by atoms with E-state index in [2.05, 4.69) is 41.7 Å². The minimum atomic E-state index is 0.578. The van der Waals surface area contributed by atoms with Crippen molar-refractivity contribution in [3.8, 4) is 0 Å². The van der Waals surface area contributed by atoms with Crippen LogP contribution in [0.3, 0.4) is 0 Å². The Morgan fingerprint density at radius 1 is 1.24 bits per heavy atom. The maximum atomic E-state index is 5.94. The van der Waals surface area contributed by atoms with Gasteiger partial charge in [0, 0.05) is 30.6 Å². The second-order valence-corrected chi connectivity index (χ2v) is 5.80. The van der Waals surface area contributed by atoms with Gasteiger partial charge in [-0.3, -0.25) is 4.68 Å². The van der Waals surface area contributed by atoms with Gasteiger partial charge in [0.15, 0.2) is 0 Å². The number of nitrogens with zero attached hydrogens (tertiary/aromatic N) is 4. The van der Waals surface area contributed by atoms with E-state index in [1.807, 2.05) is 17.9 Å². The highest BCUT2D eigenvalue weighted by atomic mass is 35.5. The molecule has 3 rings (SSSR count). The molecule has 0 saturated carbocycles. The topological polar surface area (TPSA) is 35.6 Å². The smallest absolute Gasteiger partial charge is 0.111 e. The Balaban J connectivity index is 2.12. The molecule has 0 radical (unpaired) electrons. The summed E-state index contributed by atoms with van der Waals surface area (Å²) in [6.45, 7) is 4.98. The van der Waals surface area contributed by atoms with E-state index in [4.69, 9.17) is 16.6 Å². The van der Waals surface area contributed by atoms with Crippen LogP contribution in [0.4, 0.5) is 0 Å². The molecule has 0 N–H and O–H groups in total. The Hall–Kier alpha value is -1.81. The Bertz CT molecular complexity index is 785. The molecule has 0 saturated heterocycles. The molecule has 0 bridgehead atoms. The van der Waals surface area contributed by atoms with Gasteiger partial charge in [0.25, 0.3) is 0 Å². The zero-order chi connectivity index (χ0) is 15.0. The largest absolute Gasteiger partial charge is 0.323 e. The van der Waals surface area contributed by atoms with Crippen LogP contribution >= 0.6 is 11.6 Å². The Kier molecular flexibility index (Phi) is 3.72. The van der Waals surface area contributed by atoms with Crippen molar-refractivity contribution in [2.75, 3.05) is 5.88 Å². The van der Waals surface area contributed by atoms with Crippen LogP contribution in [-0.4, -0.2) is 25.2 Å². The highest BCUT2D eigenvalue weighted by molar-refractivity contribution is 6.17. The summed E-state index contributed by atoms with van der Waals surface area (Å²) in [7, 11) is 1.97. The molecule has 0 spiro atoms. The molecule has 0 amide bonds. The van der Waals surface area contributed by atoms with Crippen LogP contribution in [-0.2, 0) is 20.0 Å². The highest BCUT2D eigenvalue weighted by Crippen LogP contribution is 2.21. The van der Waals surface area contributed by atoms with Crippen LogP contribution in [0.15, 0.2) is 24.4 Å². The number of fused-ring (bicyclic) bond motifs is 1. The molecule has 1 aromatic carbocycles. The Morgan fingerprint density at radius 3 is 2.71 bits per heavy atom. The molecule has 0 aliphatic rings. The molecule has 5 heteroatoms. The summed E-state index contributed by atoms with van der Waals surface area (Å²) < 4.78 is 4.16. The maximum Gasteiger partial charge on any atom is 0.111 e. The minimum absolute atomic E-state index is 0.578. The van der Waals surface area contributed by atoms with E-state index in [-0.39, 0.29) is 0 Å². The van der Waals surface area contributed by atoms with Gasteiger partial charge in [0.1, 0.15) is 5.82 Å². The first-order valence-corrected chi connectivity index (χ1v) is 7.63. The lowest BCUT2D eigenvalue weighted by molar-refractivity contribution is 0.724. The number of rotatable bonds is 4. The number of hydrogen-bond donors (Lipinski definition) is 0. The predicted molar refractivity (Wildman–Crippen MR) is 85.9 cm³/mol.